The largest absolute Gasteiger partial charge is 0.493 e. The lowest BCUT2D eigenvalue weighted by molar-refractivity contribution is 0.202. The molecule has 0 aromatic heterocycles. The number of hydrogen-bond donors (Lipinski definition) is 1. The van der Waals surface area contributed by atoms with E-state index < -0.39 is 0 Å². The Morgan fingerprint density at radius 1 is 1.14 bits per heavy atom. The fraction of sp³-hybridized carbons (Fsp3) is 0.647. The van der Waals surface area contributed by atoms with Crippen LogP contribution in [0.1, 0.15) is 11.1 Å². The van der Waals surface area contributed by atoms with Crippen molar-refractivity contribution in [3.8, 4) is 11.5 Å². The highest BCUT2D eigenvalue weighted by Crippen LogP contribution is 2.30. The highest BCUT2D eigenvalue weighted by Gasteiger charge is 2.12. The summed E-state index contributed by atoms with van der Waals surface area (Å²) in [6, 6.07) is 4.15. The van der Waals surface area contributed by atoms with Crippen molar-refractivity contribution in [2.24, 2.45) is 0 Å². The van der Waals surface area contributed by atoms with Crippen molar-refractivity contribution in [2.45, 2.75) is 13.5 Å². The molecule has 124 valence electrons. The zero-order valence-corrected chi connectivity index (χ0v) is 14.3. The lowest BCUT2D eigenvalue weighted by Gasteiger charge is -2.29. The summed E-state index contributed by atoms with van der Waals surface area (Å²) < 4.78 is 10.8. The smallest absolute Gasteiger partial charge is 0.161 e. The minimum atomic E-state index is 0.798. The molecule has 0 spiro atoms. The summed E-state index contributed by atoms with van der Waals surface area (Å²) in [5, 5.41) is 3.39. The van der Waals surface area contributed by atoms with Gasteiger partial charge in [0.1, 0.15) is 0 Å². The molecular formula is C17H29N3O2. The normalized spacial score (nSPS) is 16.0. The Morgan fingerprint density at radius 3 is 2.41 bits per heavy atom. The summed E-state index contributed by atoms with van der Waals surface area (Å²) in [6.07, 6.45) is 0. The van der Waals surface area contributed by atoms with Gasteiger partial charge in [-0.1, -0.05) is 0 Å². The first-order valence-corrected chi connectivity index (χ1v) is 7.97. The third-order valence-corrected chi connectivity index (χ3v) is 4.29. The maximum Gasteiger partial charge on any atom is 0.161 e. The van der Waals surface area contributed by atoms with Gasteiger partial charge in [0, 0.05) is 45.8 Å². The van der Waals surface area contributed by atoms with Gasteiger partial charge in [-0.05, 0) is 37.2 Å². The van der Waals surface area contributed by atoms with Gasteiger partial charge in [-0.15, -0.1) is 0 Å². The van der Waals surface area contributed by atoms with Crippen LogP contribution in [0.3, 0.4) is 0 Å². The number of hydrogen-bond acceptors (Lipinski definition) is 5. The van der Waals surface area contributed by atoms with Crippen LogP contribution in [0, 0.1) is 6.92 Å². The van der Waals surface area contributed by atoms with E-state index >= 15 is 0 Å². The predicted octanol–water partition coefficient (Wildman–Crippen LogP) is 1.35. The van der Waals surface area contributed by atoms with Crippen LogP contribution in [-0.2, 0) is 6.54 Å². The quantitative estimate of drug-likeness (QED) is 0.823. The number of aryl methyl sites for hydroxylation is 1. The van der Waals surface area contributed by atoms with Crippen LogP contribution in [0.15, 0.2) is 12.1 Å². The number of rotatable bonds is 7. The fourth-order valence-electron chi connectivity index (χ4n) is 2.81. The molecule has 0 saturated carbocycles. The van der Waals surface area contributed by atoms with Crippen LogP contribution in [0.5, 0.6) is 11.5 Å². The number of nitrogens with zero attached hydrogens (tertiary/aromatic N) is 2. The number of piperazine rings is 1. The molecule has 0 radical (unpaired) electrons. The summed E-state index contributed by atoms with van der Waals surface area (Å²) in [5.41, 5.74) is 2.53. The molecule has 0 atom stereocenters. The summed E-state index contributed by atoms with van der Waals surface area (Å²) >= 11 is 0. The molecule has 1 aliphatic heterocycles. The van der Waals surface area contributed by atoms with E-state index in [4.69, 9.17) is 9.47 Å². The van der Waals surface area contributed by atoms with Gasteiger partial charge in [0.05, 0.1) is 14.2 Å². The second-order valence-corrected chi connectivity index (χ2v) is 5.96. The molecule has 2 rings (SSSR count). The minimum Gasteiger partial charge on any atom is -0.493 e. The van der Waals surface area contributed by atoms with E-state index in [-0.39, 0.29) is 0 Å². The van der Waals surface area contributed by atoms with Crippen molar-refractivity contribution in [3.05, 3.63) is 23.3 Å². The monoisotopic (exact) mass is 307 g/mol. The van der Waals surface area contributed by atoms with Crippen molar-refractivity contribution >= 4 is 0 Å². The molecule has 22 heavy (non-hydrogen) atoms. The molecule has 0 bridgehead atoms. The van der Waals surface area contributed by atoms with Crippen LogP contribution in [-0.4, -0.2) is 70.3 Å². The van der Waals surface area contributed by atoms with Gasteiger partial charge >= 0.3 is 0 Å². The fourth-order valence-corrected chi connectivity index (χ4v) is 2.81. The third kappa shape index (κ3) is 4.60. The Kier molecular flexibility index (Phi) is 6.49. The lowest BCUT2D eigenvalue weighted by atomic mass is 10.1. The third-order valence-electron chi connectivity index (χ3n) is 4.29. The second-order valence-electron chi connectivity index (χ2n) is 5.96. The van der Waals surface area contributed by atoms with Gasteiger partial charge < -0.3 is 19.7 Å². The summed E-state index contributed by atoms with van der Waals surface area (Å²) in [6.45, 7) is 9.79. The molecule has 5 heteroatoms. The molecule has 1 saturated heterocycles. The van der Waals surface area contributed by atoms with Crippen LogP contribution in [0.2, 0.25) is 0 Å². The minimum absolute atomic E-state index is 0.798. The predicted molar refractivity (Wildman–Crippen MR) is 89.9 cm³/mol. The molecular weight excluding hydrogens is 278 g/mol. The highest BCUT2D eigenvalue weighted by atomic mass is 16.5. The number of ether oxygens (including phenoxy) is 2. The summed E-state index contributed by atoms with van der Waals surface area (Å²) in [5.74, 6) is 1.60. The van der Waals surface area contributed by atoms with Crippen molar-refractivity contribution in [1.82, 2.24) is 15.1 Å². The Morgan fingerprint density at radius 2 is 1.77 bits per heavy atom. The standard InChI is InChI=1S/C17H29N3O2/c1-14-11-16(21-3)17(22-4)12-15(14)13-19(2)9-10-20-7-5-18-6-8-20/h11-12,18H,5-10,13H2,1-4H3. The molecule has 0 aliphatic carbocycles. The molecule has 1 aliphatic rings. The van der Waals surface area contributed by atoms with Gasteiger partial charge in [0.25, 0.3) is 0 Å². The molecule has 1 fully saturated rings. The van der Waals surface area contributed by atoms with Crippen LogP contribution >= 0.6 is 0 Å². The first-order chi connectivity index (χ1) is 10.6. The highest BCUT2D eigenvalue weighted by molar-refractivity contribution is 5.47. The van der Waals surface area contributed by atoms with Crippen molar-refractivity contribution in [1.29, 1.82) is 0 Å². The SMILES string of the molecule is COc1cc(C)c(CN(C)CCN2CCNCC2)cc1OC. The van der Waals surface area contributed by atoms with E-state index in [1.165, 1.54) is 11.1 Å². The van der Waals surface area contributed by atoms with Crippen LogP contribution in [0.25, 0.3) is 0 Å². The van der Waals surface area contributed by atoms with Crippen molar-refractivity contribution in [3.63, 3.8) is 0 Å². The van der Waals surface area contributed by atoms with E-state index in [1.54, 1.807) is 14.2 Å². The van der Waals surface area contributed by atoms with Gasteiger partial charge in [0.15, 0.2) is 11.5 Å². The molecule has 1 N–H and O–H groups in total. The molecule has 0 unspecified atom stereocenters. The number of likely N-dealkylation sites (N-methyl/N-ethyl adjacent to an activating group) is 1. The molecule has 0 amide bonds. The molecule has 5 nitrogen and oxygen atoms in total. The number of nitrogens with one attached hydrogen (secondary N) is 1. The van der Waals surface area contributed by atoms with E-state index in [1.807, 2.05) is 0 Å². The van der Waals surface area contributed by atoms with E-state index in [9.17, 15) is 0 Å². The molecule has 1 aromatic rings. The van der Waals surface area contributed by atoms with Gasteiger partial charge in [-0.3, -0.25) is 4.90 Å². The van der Waals surface area contributed by atoms with E-state index in [0.717, 1.165) is 57.3 Å². The maximum absolute atomic E-state index is 5.41. The van der Waals surface area contributed by atoms with Gasteiger partial charge in [-0.25, -0.2) is 0 Å². The zero-order valence-electron chi connectivity index (χ0n) is 14.3. The zero-order chi connectivity index (χ0) is 15.9. The maximum atomic E-state index is 5.41. The second kappa shape index (κ2) is 8.36. The number of methoxy groups -OCH3 is 2. The lowest BCUT2D eigenvalue weighted by Crippen LogP contribution is -2.45. The van der Waals surface area contributed by atoms with Crippen molar-refractivity contribution in [2.75, 3.05) is 60.5 Å². The Hall–Kier alpha value is -1.30. The average Bonchev–Trinajstić information content (AvgIpc) is 2.55. The Balaban J connectivity index is 1.91. The topological polar surface area (TPSA) is 37.0 Å². The van der Waals surface area contributed by atoms with Crippen molar-refractivity contribution < 1.29 is 9.47 Å². The first-order valence-electron chi connectivity index (χ1n) is 7.97. The molecule has 1 heterocycles. The first kappa shape index (κ1) is 17.1. The van der Waals surface area contributed by atoms with Crippen LogP contribution < -0.4 is 14.8 Å². The Bertz CT molecular complexity index is 473. The summed E-state index contributed by atoms with van der Waals surface area (Å²) in [4.78, 5) is 4.89. The van der Waals surface area contributed by atoms with E-state index in [2.05, 4.69) is 41.2 Å². The Labute approximate surface area is 134 Å². The average molecular weight is 307 g/mol. The molecule has 1 aromatic carbocycles. The van der Waals surface area contributed by atoms with Crippen LogP contribution in [0.4, 0.5) is 0 Å². The van der Waals surface area contributed by atoms with Gasteiger partial charge in [0.2, 0.25) is 0 Å². The van der Waals surface area contributed by atoms with E-state index in [0.29, 0.717) is 0 Å². The number of benzene rings is 1. The summed E-state index contributed by atoms with van der Waals surface area (Å²) in [7, 11) is 5.54. The van der Waals surface area contributed by atoms with Gasteiger partial charge in [-0.2, -0.15) is 0 Å².